The highest BCUT2D eigenvalue weighted by Crippen LogP contribution is 2.37. The Morgan fingerprint density at radius 3 is 2.52 bits per heavy atom. The van der Waals surface area contributed by atoms with Crippen LogP contribution in [-0.2, 0) is 17.5 Å². The lowest BCUT2D eigenvalue weighted by molar-refractivity contribution is -0.136. The Bertz CT molecular complexity index is 771. The van der Waals surface area contributed by atoms with E-state index in [-0.39, 0.29) is 22.9 Å². The molecule has 0 spiro atoms. The van der Waals surface area contributed by atoms with Crippen molar-refractivity contribution in [3.05, 3.63) is 58.4 Å². The number of carbonyl (C=O) groups excluding carboxylic acids is 1. The van der Waals surface area contributed by atoms with Gasteiger partial charge in [-0.05, 0) is 35.9 Å². The average molecular weight is 345 g/mol. The van der Waals surface area contributed by atoms with Crippen molar-refractivity contribution in [2.24, 2.45) is 4.99 Å². The van der Waals surface area contributed by atoms with E-state index in [4.69, 9.17) is 11.6 Å². The van der Waals surface area contributed by atoms with Crippen LogP contribution in [0.3, 0.4) is 0 Å². The molecule has 0 saturated heterocycles. The Kier molecular flexibility index (Phi) is 5.03. The van der Waals surface area contributed by atoms with Gasteiger partial charge >= 0.3 is 6.18 Å². The predicted molar refractivity (Wildman–Crippen MR) is 78.0 cm³/mol. The van der Waals surface area contributed by atoms with Crippen LogP contribution >= 0.6 is 11.6 Å². The van der Waals surface area contributed by atoms with E-state index in [0.29, 0.717) is 5.56 Å². The zero-order valence-electron chi connectivity index (χ0n) is 11.4. The molecule has 3 nitrogen and oxygen atoms in total. The van der Waals surface area contributed by atoms with Gasteiger partial charge in [-0.3, -0.25) is 0 Å². The largest absolute Gasteiger partial charge is 0.418 e. The summed E-state index contributed by atoms with van der Waals surface area (Å²) in [5.41, 5.74) is -0.799. The van der Waals surface area contributed by atoms with E-state index >= 15 is 0 Å². The summed E-state index contributed by atoms with van der Waals surface area (Å²) in [7, 11) is 0. The minimum absolute atomic E-state index is 0.0133. The lowest BCUT2D eigenvalue weighted by Gasteiger charge is -2.15. The summed E-state index contributed by atoms with van der Waals surface area (Å²) in [5.74, 6) is -0.609. The third kappa shape index (κ3) is 4.31. The molecule has 0 bridgehead atoms. The minimum atomic E-state index is -4.63. The van der Waals surface area contributed by atoms with E-state index in [1.165, 1.54) is 24.3 Å². The van der Waals surface area contributed by atoms with Gasteiger partial charge < -0.3 is 5.32 Å². The van der Waals surface area contributed by atoms with Gasteiger partial charge in [0.15, 0.2) is 0 Å². The van der Waals surface area contributed by atoms with E-state index < -0.39 is 17.6 Å². The number of isocyanates is 1. The molecule has 23 heavy (non-hydrogen) atoms. The van der Waals surface area contributed by atoms with Gasteiger partial charge in [0.05, 0.1) is 16.3 Å². The van der Waals surface area contributed by atoms with Gasteiger partial charge in [-0.1, -0.05) is 17.7 Å². The highest BCUT2D eigenvalue weighted by molar-refractivity contribution is 6.30. The first kappa shape index (κ1) is 17.0. The van der Waals surface area contributed by atoms with Crippen LogP contribution < -0.4 is 5.32 Å². The van der Waals surface area contributed by atoms with E-state index in [0.717, 1.165) is 18.2 Å². The van der Waals surface area contributed by atoms with Crippen LogP contribution in [0.2, 0.25) is 5.02 Å². The summed E-state index contributed by atoms with van der Waals surface area (Å²) in [6.07, 6.45) is -3.44. The average Bonchev–Trinajstić information content (AvgIpc) is 2.48. The Labute approximate surface area is 133 Å². The van der Waals surface area contributed by atoms with Crippen molar-refractivity contribution in [3.8, 4) is 0 Å². The molecule has 0 unspecified atom stereocenters. The second-order valence-corrected chi connectivity index (χ2v) is 4.94. The molecule has 2 aromatic rings. The fourth-order valence-corrected chi connectivity index (χ4v) is 2.09. The van der Waals surface area contributed by atoms with Gasteiger partial charge in [0.25, 0.3) is 0 Å². The molecule has 1 N–H and O–H groups in total. The lowest BCUT2D eigenvalue weighted by atomic mass is 10.1. The molecule has 0 aliphatic carbocycles. The molecule has 0 amide bonds. The monoisotopic (exact) mass is 344 g/mol. The summed E-state index contributed by atoms with van der Waals surface area (Å²) < 4.78 is 52.2. The van der Waals surface area contributed by atoms with Crippen molar-refractivity contribution in [3.63, 3.8) is 0 Å². The summed E-state index contributed by atoms with van der Waals surface area (Å²) in [4.78, 5) is 13.3. The number of anilines is 1. The minimum Gasteiger partial charge on any atom is -0.380 e. The predicted octanol–water partition coefficient (Wildman–Crippen LogP) is 5.08. The second kappa shape index (κ2) is 6.81. The summed E-state index contributed by atoms with van der Waals surface area (Å²) >= 11 is 5.62. The number of nitrogens with one attached hydrogen (secondary N) is 1. The normalized spacial score (nSPS) is 11.0. The van der Waals surface area contributed by atoms with Gasteiger partial charge in [0.2, 0.25) is 6.08 Å². The van der Waals surface area contributed by atoms with Crippen LogP contribution in [0.15, 0.2) is 41.4 Å². The van der Waals surface area contributed by atoms with Crippen molar-refractivity contribution in [2.75, 3.05) is 5.32 Å². The molecular formula is C15H9ClF4N2O. The van der Waals surface area contributed by atoms with Crippen molar-refractivity contribution in [1.29, 1.82) is 0 Å². The number of hydrogen-bond donors (Lipinski definition) is 1. The Hall–Kier alpha value is -2.37. The quantitative estimate of drug-likeness (QED) is 0.477. The van der Waals surface area contributed by atoms with E-state index in [1.807, 2.05) is 0 Å². The Morgan fingerprint density at radius 2 is 1.91 bits per heavy atom. The van der Waals surface area contributed by atoms with Crippen LogP contribution in [0, 0.1) is 5.82 Å². The number of aliphatic imine (C=N–C) groups is 1. The molecule has 0 fully saturated rings. The fraction of sp³-hybridized carbons (Fsp3) is 0.133. The smallest absolute Gasteiger partial charge is 0.380 e. The first-order valence-electron chi connectivity index (χ1n) is 6.28. The summed E-state index contributed by atoms with van der Waals surface area (Å²) in [6.45, 7) is 0.0133. The number of halogens is 5. The van der Waals surface area contributed by atoms with Crippen LogP contribution in [0.4, 0.5) is 28.9 Å². The standard InChI is InChI=1S/C15H9ClF4N2O/c16-12-5-9(1-3-13(12)17)7-21-14-4-2-10(22-8-23)6-11(14)15(18,19)20/h1-6,21H,7H2. The molecule has 0 aliphatic heterocycles. The number of nitrogens with zero attached hydrogens (tertiary/aromatic N) is 1. The van der Waals surface area contributed by atoms with Crippen molar-refractivity contribution in [1.82, 2.24) is 0 Å². The number of benzene rings is 2. The third-order valence-corrected chi connectivity index (χ3v) is 3.24. The zero-order chi connectivity index (χ0) is 17.0. The molecule has 0 atom stereocenters. The summed E-state index contributed by atoms with van der Waals surface area (Å²) in [6, 6.07) is 7.01. The second-order valence-electron chi connectivity index (χ2n) is 4.53. The van der Waals surface area contributed by atoms with Crippen LogP contribution in [0.25, 0.3) is 0 Å². The molecule has 2 aromatic carbocycles. The first-order valence-corrected chi connectivity index (χ1v) is 6.66. The molecule has 0 aliphatic rings. The van der Waals surface area contributed by atoms with Crippen LogP contribution in [-0.4, -0.2) is 6.08 Å². The van der Waals surface area contributed by atoms with Crippen LogP contribution in [0.1, 0.15) is 11.1 Å². The topological polar surface area (TPSA) is 41.5 Å². The van der Waals surface area contributed by atoms with Gasteiger partial charge in [-0.2, -0.15) is 18.2 Å². The fourth-order valence-electron chi connectivity index (χ4n) is 1.89. The Morgan fingerprint density at radius 1 is 1.17 bits per heavy atom. The number of rotatable bonds is 4. The molecule has 120 valence electrons. The lowest BCUT2D eigenvalue weighted by Crippen LogP contribution is -2.10. The van der Waals surface area contributed by atoms with Crippen molar-refractivity contribution < 1.29 is 22.4 Å². The molecule has 2 rings (SSSR count). The SMILES string of the molecule is O=C=Nc1ccc(NCc2ccc(F)c(Cl)c2)c(C(F)(F)F)c1. The number of hydrogen-bond acceptors (Lipinski definition) is 3. The third-order valence-electron chi connectivity index (χ3n) is 2.95. The van der Waals surface area contributed by atoms with Gasteiger partial charge in [-0.15, -0.1) is 0 Å². The summed E-state index contributed by atoms with van der Waals surface area (Å²) in [5, 5.41) is 2.50. The van der Waals surface area contributed by atoms with Gasteiger partial charge in [0, 0.05) is 12.2 Å². The molecular weight excluding hydrogens is 336 g/mol. The molecule has 0 saturated carbocycles. The number of alkyl halides is 3. The molecule has 0 aromatic heterocycles. The zero-order valence-corrected chi connectivity index (χ0v) is 12.2. The highest BCUT2D eigenvalue weighted by Gasteiger charge is 2.33. The van der Waals surface area contributed by atoms with E-state index in [9.17, 15) is 22.4 Å². The molecule has 0 radical (unpaired) electrons. The maximum atomic E-state index is 13.1. The van der Waals surface area contributed by atoms with Gasteiger partial charge in [0.1, 0.15) is 5.82 Å². The van der Waals surface area contributed by atoms with E-state index in [1.54, 1.807) is 0 Å². The van der Waals surface area contributed by atoms with Gasteiger partial charge in [-0.25, -0.2) is 9.18 Å². The van der Waals surface area contributed by atoms with Crippen LogP contribution in [0.5, 0.6) is 0 Å². The molecule has 8 heteroatoms. The Balaban J connectivity index is 2.28. The van der Waals surface area contributed by atoms with Crippen molar-refractivity contribution >= 4 is 29.1 Å². The molecule has 0 heterocycles. The highest BCUT2D eigenvalue weighted by atomic mass is 35.5. The van der Waals surface area contributed by atoms with Crippen molar-refractivity contribution in [2.45, 2.75) is 12.7 Å². The first-order chi connectivity index (χ1) is 10.8. The maximum absolute atomic E-state index is 13.1. The van der Waals surface area contributed by atoms with E-state index in [2.05, 4.69) is 10.3 Å². The maximum Gasteiger partial charge on any atom is 0.418 e.